The van der Waals surface area contributed by atoms with Crippen LogP contribution in [-0.2, 0) is 0 Å². The monoisotopic (exact) mass is 189 g/mol. The van der Waals surface area contributed by atoms with Crippen LogP contribution in [0.5, 0.6) is 0 Å². The minimum absolute atomic E-state index is 0.625. The first-order valence-corrected chi connectivity index (χ1v) is 5.14. The molecule has 14 heavy (non-hydrogen) atoms. The Bertz CT molecular complexity index is 263. The van der Waals surface area contributed by atoms with Crippen molar-refractivity contribution in [1.82, 2.24) is 0 Å². The van der Waals surface area contributed by atoms with Crippen molar-refractivity contribution in [2.75, 3.05) is 0 Å². The van der Waals surface area contributed by atoms with Crippen molar-refractivity contribution in [2.24, 2.45) is 0 Å². The van der Waals surface area contributed by atoms with Gasteiger partial charge in [0.25, 0.3) is 0 Å². The Balaban J connectivity index is 4.04. The molecule has 0 atom stereocenters. The van der Waals surface area contributed by atoms with E-state index in [1.807, 2.05) is 12.2 Å². The first kappa shape index (κ1) is 12.7. The minimum Gasteiger partial charge on any atom is -0.192 e. The minimum atomic E-state index is 0.625. The highest BCUT2D eigenvalue weighted by Crippen LogP contribution is 2.08. The lowest BCUT2D eigenvalue weighted by Crippen LogP contribution is -1.78. The van der Waals surface area contributed by atoms with Gasteiger partial charge in [-0.1, -0.05) is 44.1 Å². The fourth-order valence-corrected chi connectivity index (χ4v) is 1.12. The van der Waals surface area contributed by atoms with Crippen LogP contribution in [0.4, 0.5) is 0 Å². The largest absolute Gasteiger partial charge is 0.192 e. The van der Waals surface area contributed by atoms with Crippen LogP contribution in [0.2, 0.25) is 0 Å². The Morgan fingerprint density at radius 2 is 2.07 bits per heavy atom. The molecule has 0 fully saturated rings. The Hall–Kier alpha value is -1.29. The van der Waals surface area contributed by atoms with Crippen molar-refractivity contribution in [3.63, 3.8) is 0 Å². The molecule has 0 radical (unpaired) electrons. The van der Waals surface area contributed by atoms with Crippen molar-refractivity contribution in [1.29, 1.82) is 5.26 Å². The normalized spacial score (nSPS) is 12.4. The van der Waals surface area contributed by atoms with E-state index < -0.39 is 0 Å². The van der Waals surface area contributed by atoms with E-state index in [-0.39, 0.29) is 0 Å². The molecule has 76 valence electrons. The highest BCUT2D eigenvalue weighted by molar-refractivity contribution is 5.35. The smallest absolute Gasteiger partial charge is 0.0991 e. The predicted octanol–water partition coefficient (Wildman–Crippen LogP) is 4.15. The quantitative estimate of drug-likeness (QED) is 0.350. The van der Waals surface area contributed by atoms with Crippen molar-refractivity contribution in [3.8, 4) is 6.07 Å². The zero-order valence-corrected chi connectivity index (χ0v) is 9.21. The van der Waals surface area contributed by atoms with E-state index in [9.17, 15) is 0 Å². The van der Waals surface area contributed by atoms with Gasteiger partial charge in [0.1, 0.15) is 0 Å². The van der Waals surface area contributed by atoms with E-state index in [0.29, 0.717) is 5.57 Å². The van der Waals surface area contributed by atoms with Crippen LogP contribution >= 0.6 is 0 Å². The summed E-state index contributed by atoms with van der Waals surface area (Å²) in [6.07, 6.45) is 10.3. The van der Waals surface area contributed by atoms with Gasteiger partial charge in [0.05, 0.1) is 11.6 Å². The van der Waals surface area contributed by atoms with E-state index in [2.05, 4.69) is 26.5 Å². The van der Waals surface area contributed by atoms with Crippen LogP contribution in [0.1, 0.15) is 39.5 Å². The summed E-state index contributed by atoms with van der Waals surface area (Å²) >= 11 is 0. The zero-order chi connectivity index (χ0) is 10.8. The molecule has 1 heteroatoms. The average Bonchev–Trinajstić information content (AvgIpc) is 2.20. The van der Waals surface area contributed by atoms with Gasteiger partial charge in [-0.15, -0.1) is 0 Å². The number of hydrogen-bond acceptors (Lipinski definition) is 1. The van der Waals surface area contributed by atoms with Gasteiger partial charge in [-0.2, -0.15) is 5.26 Å². The third-order valence-corrected chi connectivity index (χ3v) is 2.07. The maximum Gasteiger partial charge on any atom is 0.0991 e. The first-order valence-electron chi connectivity index (χ1n) is 5.14. The fraction of sp³-hybridized carbons (Fsp3) is 0.462. The van der Waals surface area contributed by atoms with Crippen LogP contribution in [-0.4, -0.2) is 0 Å². The Labute approximate surface area is 87.4 Å². The summed E-state index contributed by atoms with van der Waals surface area (Å²) in [5, 5.41) is 8.63. The molecular weight excluding hydrogens is 170 g/mol. The summed E-state index contributed by atoms with van der Waals surface area (Å²) in [5.41, 5.74) is 1.95. The SMILES string of the molecule is C=C/C(C#N)=C\C=C(/C)CCCCC. The fourth-order valence-electron chi connectivity index (χ4n) is 1.12. The van der Waals surface area contributed by atoms with Gasteiger partial charge >= 0.3 is 0 Å². The lowest BCUT2D eigenvalue weighted by molar-refractivity contribution is 0.713. The molecule has 0 rings (SSSR count). The highest BCUT2D eigenvalue weighted by atomic mass is 14.2. The molecule has 0 spiro atoms. The average molecular weight is 189 g/mol. The highest BCUT2D eigenvalue weighted by Gasteiger charge is 1.89. The van der Waals surface area contributed by atoms with E-state index in [1.54, 1.807) is 6.08 Å². The summed E-state index contributed by atoms with van der Waals surface area (Å²) < 4.78 is 0. The molecule has 0 aromatic heterocycles. The van der Waals surface area contributed by atoms with Gasteiger partial charge in [0.2, 0.25) is 0 Å². The molecule has 0 aromatic rings. The van der Waals surface area contributed by atoms with Gasteiger partial charge in [-0.05, 0) is 25.8 Å². The third-order valence-electron chi connectivity index (χ3n) is 2.07. The number of nitriles is 1. The van der Waals surface area contributed by atoms with Gasteiger partial charge < -0.3 is 0 Å². The van der Waals surface area contributed by atoms with E-state index in [4.69, 9.17) is 5.26 Å². The van der Waals surface area contributed by atoms with Crippen molar-refractivity contribution < 1.29 is 0 Å². The molecule has 0 saturated heterocycles. The molecule has 0 saturated carbocycles. The lowest BCUT2D eigenvalue weighted by atomic mass is 10.1. The van der Waals surface area contributed by atoms with E-state index in [0.717, 1.165) is 6.42 Å². The van der Waals surface area contributed by atoms with Crippen molar-refractivity contribution in [2.45, 2.75) is 39.5 Å². The van der Waals surface area contributed by atoms with Crippen LogP contribution in [0.3, 0.4) is 0 Å². The number of nitrogens with zero attached hydrogens (tertiary/aromatic N) is 1. The van der Waals surface area contributed by atoms with Crippen LogP contribution in [0.25, 0.3) is 0 Å². The second kappa shape index (κ2) is 8.31. The molecule has 0 bridgehead atoms. The van der Waals surface area contributed by atoms with Gasteiger partial charge in [0.15, 0.2) is 0 Å². The number of unbranched alkanes of at least 4 members (excludes halogenated alkanes) is 2. The summed E-state index contributed by atoms with van der Waals surface area (Å²) in [6, 6.07) is 2.07. The zero-order valence-electron chi connectivity index (χ0n) is 9.21. The Kier molecular flexibility index (Phi) is 7.55. The van der Waals surface area contributed by atoms with Crippen molar-refractivity contribution >= 4 is 0 Å². The molecule has 0 amide bonds. The maximum absolute atomic E-state index is 8.63. The lowest BCUT2D eigenvalue weighted by Gasteiger charge is -1.98. The second-order valence-electron chi connectivity index (χ2n) is 3.41. The molecule has 0 aliphatic heterocycles. The summed E-state index contributed by atoms with van der Waals surface area (Å²) in [4.78, 5) is 0. The maximum atomic E-state index is 8.63. The summed E-state index contributed by atoms with van der Waals surface area (Å²) in [6.45, 7) is 7.87. The molecule has 0 aliphatic carbocycles. The Morgan fingerprint density at radius 1 is 1.36 bits per heavy atom. The van der Waals surface area contributed by atoms with E-state index >= 15 is 0 Å². The van der Waals surface area contributed by atoms with Gasteiger partial charge in [0, 0.05) is 0 Å². The number of rotatable bonds is 6. The number of hydrogen-bond donors (Lipinski definition) is 0. The predicted molar refractivity (Wildman–Crippen MR) is 61.8 cm³/mol. The van der Waals surface area contributed by atoms with Crippen LogP contribution in [0, 0.1) is 11.3 Å². The second-order valence-corrected chi connectivity index (χ2v) is 3.41. The van der Waals surface area contributed by atoms with Gasteiger partial charge in [-0.25, -0.2) is 0 Å². The topological polar surface area (TPSA) is 23.8 Å². The Morgan fingerprint density at radius 3 is 2.57 bits per heavy atom. The summed E-state index contributed by atoms with van der Waals surface area (Å²) in [7, 11) is 0. The van der Waals surface area contributed by atoms with Crippen molar-refractivity contribution in [3.05, 3.63) is 36.0 Å². The van der Waals surface area contributed by atoms with Gasteiger partial charge in [-0.3, -0.25) is 0 Å². The molecule has 0 N–H and O–H groups in total. The molecule has 1 nitrogen and oxygen atoms in total. The van der Waals surface area contributed by atoms with Crippen LogP contribution < -0.4 is 0 Å². The number of allylic oxidation sites excluding steroid dienone is 5. The molecule has 0 aliphatic rings. The first-order chi connectivity index (χ1) is 6.74. The van der Waals surface area contributed by atoms with E-state index in [1.165, 1.54) is 24.8 Å². The third kappa shape index (κ3) is 6.25. The standard InChI is InChI=1S/C13H19N/c1-4-6-7-8-12(3)9-10-13(5-2)11-14/h5,9-10H,2,4,6-8H2,1,3H3/b12-9+,13-10+. The molecule has 0 heterocycles. The molecule has 0 aromatic carbocycles. The van der Waals surface area contributed by atoms with Crippen LogP contribution in [0.15, 0.2) is 36.0 Å². The molecule has 0 unspecified atom stereocenters. The summed E-state index contributed by atoms with van der Waals surface area (Å²) in [5.74, 6) is 0. The molecular formula is C13H19N.